The maximum absolute atomic E-state index is 12.1. The van der Waals surface area contributed by atoms with Crippen molar-refractivity contribution < 1.29 is 14.7 Å². The summed E-state index contributed by atoms with van der Waals surface area (Å²) in [4.78, 5) is 23.2. The molecule has 2 unspecified atom stereocenters. The molecule has 1 fully saturated rings. The molecule has 0 aromatic rings. The van der Waals surface area contributed by atoms with Crippen LogP contribution >= 0.6 is 0 Å². The van der Waals surface area contributed by atoms with Crippen molar-refractivity contribution in [1.82, 2.24) is 5.32 Å². The van der Waals surface area contributed by atoms with Crippen LogP contribution in [0.1, 0.15) is 39.5 Å². The van der Waals surface area contributed by atoms with E-state index in [9.17, 15) is 9.59 Å². The highest BCUT2D eigenvalue weighted by atomic mass is 16.4. The van der Waals surface area contributed by atoms with Crippen LogP contribution in [0.25, 0.3) is 0 Å². The molecule has 0 aromatic heterocycles. The van der Waals surface area contributed by atoms with Gasteiger partial charge in [0.15, 0.2) is 0 Å². The van der Waals surface area contributed by atoms with Gasteiger partial charge in [0.1, 0.15) is 0 Å². The maximum Gasteiger partial charge on any atom is 0.307 e. The van der Waals surface area contributed by atoms with Gasteiger partial charge in [-0.3, -0.25) is 9.59 Å². The van der Waals surface area contributed by atoms with Crippen molar-refractivity contribution in [2.75, 3.05) is 0 Å². The van der Waals surface area contributed by atoms with Gasteiger partial charge >= 0.3 is 5.97 Å². The van der Waals surface area contributed by atoms with E-state index in [4.69, 9.17) is 11.5 Å². The van der Waals surface area contributed by atoms with E-state index in [1.54, 1.807) is 0 Å². The van der Waals surface area contributed by atoms with Gasteiger partial charge in [-0.1, -0.05) is 26.2 Å². The number of hydrogen-bond donors (Lipinski definition) is 2. The normalized spacial score (nSPS) is 28.4. The topological polar surface area (TPSA) is 66.4 Å². The summed E-state index contributed by atoms with van der Waals surface area (Å²) in [7, 11) is 0. The Morgan fingerprint density at radius 2 is 2.06 bits per heavy atom. The second kappa shape index (κ2) is 6.44. The number of terminal acetylenes is 1. The van der Waals surface area contributed by atoms with Crippen molar-refractivity contribution in [2.45, 2.75) is 45.6 Å². The molecule has 1 saturated carbocycles. The predicted octanol–water partition coefficient (Wildman–Crippen LogP) is 1.65. The summed E-state index contributed by atoms with van der Waals surface area (Å²) in [6.07, 6.45) is 8.16. The minimum Gasteiger partial charge on any atom is -0.481 e. The number of nitrogens with one attached hydrogen (secondary N) is 1. The van der Waals surface area contributed by atoms with Crippen LogP contribution in [0.3, 0.4) is 0 Å². The lowest BCUT2D eigenvalue weighted by Crippen LogP contribution is -2.40. The fourth-order valence-corrected chi connectivity index (χ4v) is 2.62. The largest absolute Gasteiger partial charge is 0.481 e. The highest BCUT2D eigenvalue weighted by molar-refractivity contribution is 5.85. The number of carbonyl (C=O) groups is 2. The van der Waals surface area contributed by atoms with Crippen LogP contribution < -0.4 is 5.32 Å². The lowest BCUT2D eigenvalue weighted by atomic mass is 9.95. The van der Waals surface area contributed by atoms with E-state index in [1.165, 1.54) is 0 Å². The van der Waals surface area contributed by atoms with Crippen LogP contribution in [0.2, 0.25) is 0 Å². The molecule has 18 heavy (non-hydrogen) atoms. The fourth-order valence-electron chi connectivity index (χ4n) is 2.62. The third-order valence-corrected chi connectivity index (χ3v) is 3.55. The van der Waals surface area contributed by atoms with Crippen LogP contribution in [0.5, 0.6) is 0 Å². The molecule has 0 radical (unpaired) electrons. The van der Waals surface area contributed by atoms with Crippen molar-refractivity contribution in [2.24, 2.45) is 17.8 Å². The Labute approximate surface area is 108 Å². The standard InChI is InChI=1S/C14H21NO3/c1-4-6-10(5-2)15-13(16)11-7-9(3)8-12(11)14(17)18/h2,9-12H,4,6-8H2,1,3H3,(H,15,16)(H,17,18)/t9?,10?,11-,12+/m0/s1. The van der Waals surface area contributed by atoms with Gasteiger partial charge in [0.2, 0.25) is 5.91 Å². The molecule has 1 aliphatic carbocycles. The van der Waals surface area contributed by atoms with Gasteiger partial charge in [-0.25, -0.2) is 0 Å². The smallest absolute Gasteiger partial charge is 0.307 e. The number of carboxylic acids is 1. The molecule has 1 aliphatic rings. The number of carbonyl (C=O) groups excluding carboxylic acids is 1. The number of rotatable bonds is 5. The van der Waals surface area contributed by atoms with Crippen LogP contribution in [-0.2, 0) is 9.59 Å². The number of amides is 1. The van der Waals surface area contributed by atoms with Crippen LogP contribution in [0.15, 0.2) is 0 Å². The average molecular weight is 251 g/mol. The molecule has 0 saturated heterocycles. The Kier molecular flexibility index (Phi) is 5.21. The fraction of sp³-hybridized carbons (Fsp3) is 0.714. The number of hydrogen-bond acceptors (Lipinski definition) is 2. The first-order chi connectivity index (χ1) is 8.49. The van der Waals surface area contributed by atoms with Gasteiger partial charge in [-0.15, -0.1) is 6.42 Å². The van der Waals surface area contributed by atoms with Crippen molar-refractivity contribution in [1.29, 1.82) is 0 Å². The van der Waals surface area contributed by atoms with E-state index in [0.717, 1.165) is 12.8 Å². The molecular weight excluding hydrogens is 230 g/mol. The molecule has 4 heteroatoms. The van der Waals surface area contributed by atoms with Crippen LogP contribution in [-0.4, -0.2) is 23.0 Å². The predicted molar refractivity (Wildman–Crippen MR) is 68.7 cm³/mol. The van der Waals surface area contributed by atoms with Crippen molar-refractivity contribution in [3.8, 4) is 12.3 Å². The van der Waals surface area contributed by atoms with Gasteiger partial charge < -0.3 is 10.4 Å². The second-order valence-electron chi connectivity index (χ2n) is 5.14. The number of carboxylic acid groups (broad SMARTS) is 1. The molecule has 4 atom stereocenters. The molecule has 4 nitrogen and oxygen atoms in total. The van der Waals surface area contributed by atoms with Gasteiger partial charge in [0.05, 0.1) is 17.9 Å². The zero-order chi connectivity index (χ0) is 13.7. The van der Waals surface area contributed by atoms with Gasteiger partial charge in [0, 0.05) is 0 Å². The van der Waals surface area contributed by atoms with Crippen LogP contribution in [0.4, 0.5) is 0 Å². The van der Waals surface area contributed by atoms with Gasteiger partial charge in [-0.2, -0.15) is 0 Å². The molecule has 1 amide bonds. The summed E-state index contributed by atoms with van der Waals surface area (Å²) in [6.45, 7) is 3.97. The Bertz CT molecular complexity index is 359. The highest BCUT2D eigenvalue weighted by Crippen LogP contribution is 2.36. The van der Waals surface area contributed by atoms with Crippen molar-refractivity contribution in [3.63, 3.8) is 0 Å². The zero-order valence-electron chi connectivity index (χ0n) is 11.0. The van der Waals surface area contributed by atoms with Crippen molar-refractivity contribution >= 4 is 11.9 Å². The lowest BCUT2D eigenvalue weighted by molar-refractivity contribution is -0.146. The monoisotopic (exact) mass is 251 g/mol. The summed E-state index contributed by atoms with van der Waals surface area (Å²) in [5.41, 5.74) is 0. The summed E-state index contributed by atoms with van der Waals surface area (Å²) in [6, 6.07) is -0.284. The van der Waals surface area contributed by atoms with E-state index >= 15 is 0 Å². The number of aliphatic carboxylic acids is 1. The van der Waals surface area contributed by atoms with Crippen molar-refractivity contribution in [3.05, 3.63) is 0 Å². The molecule has 2 N–H and O–H groups in total. The Hall–Kier alpha value is -1.50. The van der Waals surface area contributed by atoms with Crippen LogP contribution in [0, 0.1) is 30.1 Å². The molecule has 0 heterocycles. The Morgan fingerprint density at radius 3 is 2.56 bits per heavy atom. The summed E-state index contributed by atoms with van der Waals surface area (Å²) >= 11 is 0. The average Bonchev–Trinajstić information content (AvgIpc) is 2.71. The minimum atomic E-state index is -0.882. The third kappa shape index (κ3) is 3.49. The molecule has 1 rings (SSSR count). The van der Waals surface area contributed by atoms with E-state index in [1.807, 2.05) is 13.8 Å². The summed E-state index contributed by atoms with van der Waals surface area (Å²) in [5.74, 6) is 0.712. The molecule has 0 spiro atoms. The van der Waals surface area contributed by atoms with Gasteiger partial charge in [0.25, 0.3) is 0 Å². The van der Waals surface area contributed by atoms with Gasteiger partial charge in [-0.05, 0) is 25.2 Å². The first-order valence-corrected chi connectivity index (χ1v) is 6.48. The third-order valence-electron chi connectivity index (χ3n) is 3.55. The quantitative estimate of drug-likeness (QED) is 0.730. The second-order valence-corrected chi connectivity index (χ2v) is 5.14. The molecular formula is C14H21NO3. The summed E-state index contributed by atoms with van der Waals surface area (Å²) in [5, 5.41) is 11.9. The maximum atomic E-state index is 12.1. The Morgan fingerprint density at radius 1 is 1.44 bits per heavy atom. The van der Waals surface area contributed by atoms with E-state index in [0.29, 0.717) is 12.8 Å². The zero-order valence-corrected chi connectivity index (χ0v) is 11.0. The van der Waals surface area contributed by atoms with E-state index in [-0.39, 0.29) is 17.9 Å². The lowest BCUT2D eigenvalue weighted by Gasteiger charge is -2.18. The molecule has 0 aliphatic heterocycles. The highest BCUT2D eigenvalue weighted by Gasteiger charge is 2.41. The SMILES string of the molecule is C#CC(CCC)NC(=O)[C@H]1CC(C)C[C@H]1C(=O)O. The minimum absolute atomic E-state index is 0.205. The molecule has 100 valence electrons. The first-order valence-electron chi connectivity index (χ1n) is 6.48. The molecule has 0 aromatic carbocycles. The first kappa shape index (κ1) is 14.6. The Balaban J connectivity index is 2.65. The van der Waals surface area contributed by atoms with E-state index < -0.39 is 17.8 Å². The van der Waals surface area contributed by atoms with E-state index in [2.05, 4.69) is 11.2 Å². The molecule has 0 bridgehead atoms. The summed E-state index contributed by atoms with van der Waals surface area (Å²) < 4.78 is 0.